The van der Waals surface area contributed by atoms with Crippen LogP contribution in [0.5, 0.6) is 11.5 Å². The van der Waals surface area contributed by atoms with Gasteiger partial charge in [0.2, 0.25) is 35.7 Å². The Hall–Kier alpha value is -4.72. The van der Waals surface area contributed by atoms with Crippen molar-refractivity contribution in [1.29, 1.82) is 0 Å². The standard InChI is InChI=1S/C58H50N16O22S6.6Na/c75-51-47-33(26-45(101(89,90)91)49(51)71-69-35-7-3-1-4-8-35)23-39(98(80,81)82)29-42(47)61-55-63-53(65-57(67-55)73-13-17-95-18-14-73)59-37-21-32(22-38(28-37)97(77,78)79)31-11-12-41(44(25-31)100(86,87)88)60-54-64-56(68-58(66-54)74-15-19-96-20-16-74)62-43-30-40(99(83,84)85)24-34-27-46(102(92,93)94)50(52(76)48(34)43)72-70-36-9-5-2-6-10-36;;;;;;/h1-12,21-30,75-76H,13-20H2,(H,77,78,79)(H,80,81,82)(H,83,84,85)(H,86,87,88)(H,89,90,91)(H,92,93,94)(H2,59,61,63,65,67)(H2,60,62,64,66,68);;;;;;/q;6*+1/p-6. The van der Waals surface area contributed by atoms with Gasteiger partial charge < -0.3 is 78.1 Å². The minimum atomic E-state index is -5.64. The molecule has 38 nitrogen and oxygen atoms in total. The van der Waals surface area contributed by atoms with Crippen LogP contribution in [-0.2, 0) is 70.2 Å². The molecule has 50 heteroatoms. The molecule has 0 spiro atoms. The van der Waals surface area contributed by atoms with E-state index in [0.29, 0.717) is 30.3 Å². The molecule has 0 saturated carbocycles. The van der Waals surface area contributed by atoms with Gasteiger partial charge in [-0.3, -0.25) is 0 Å². The number of nitrogens with zero attached hydrogens (tertiary/aromatic N) is 12. The molecule has 2 fully saturated rings. The van der Waals surface area contributed by atoms with Crippen LogP contribution in [0.25, 0.3) is 32.7 Å². The van der Waals surface area contributed by atoms with Crippen molar-refractivity contribution < 1.29 is 275 Å². The summed E-state index contributed by atoms with van der Waals surface area (Å²) in [6, 6.07) is 25.1. The monoisotopic (exact) mass is 1650 g/mol. The average molecular weight is 1650 g/mol. The summed E-state index contributed by atoms with van der Waals surface area (Å²) in [5, 5.41) is 47.9. The molecule has 2 aliphatic heterocycles. The molecule has 6 N–H and O–H groups in total. The van der Waals surface area contributed by atoms with Gasteiger partial charge in [-0.05, 0) is 113 Å². The zero-order valence-corrected chi connectivity index (χ0v) is 74.1. The number of anilines is 10. The van der Waals surface area contributed by atoms with Crippen molar-refractivity contribution in [1.82, 2.24) is 29.9 Å². The minimum absolute atomic E-state index is 0. The zero-order valence-electron chi connectivity index (χ0n) is 57.2. The van der Waals surface area contributed by atoms with Crippen LogP contribution in [0.3, 0.4) is 0 Å². The number of azo groups is 2. The predicted octanol–water partition coefficient (Wildman–Crippen LogP) is -11.6. The van der Waals surface area contributed by atoms with Crippen LogP contribution in [0.4, 0.5) is 81.2 Å². The maximum Gasteiger partial charge on any atom is 1.00 e. The van der Waals surface area contributed by atoms with E-state index in [1.54, 1.807) is 46.2 Å². The minimum Gasteiger partial charge on any atom is -0.744 e. The van der Waals surface area contributed by atoms with Crippen molar-refractivity contribution in [3.63, 3.8) is 0 Å². The first-order valence-corrected chi connectivity index (χ1v) is 37.5. The number of ether oxygens (including phenoxy) is 2. The summed E-state index contributed by atoms with van der Waals surface area (Å²) in [6.45, 7) is 1.00. The van der Waals surface area contributed by atoms with Gasteiger partial charge in [0.1, 0.15) is 72.1 Å². The van der Waals surface area contributed by atoms with E-state index in [9.17, 15) is 88.0 Å². The van der Waals surface area contributed by atoms with Crippen molar-refractivity contribution in [2.45, 2.75) is 29.4 Å². The van der Waals surface area contributed by atoms with Crippen LogP contribution in [-0.4, -0.2) is 171 Å². The molecule has 12 rings (SSSR count). The molecule has 0 atom stereocenters. The molecular weight excluding hydrogens is 1600 g/mol. The number of fused-ring (bicyclic) bond motifs is 2. The maximum absolute atomic E-state index is 13.4. The molecule has 0 unspecified atom stereocenters. The fourth-order valence-corrected chi connectivity index (χ4v) is 14.0. The number of aromatic nitrogens is 6. The summed E-state index contributed by atoms with van der Waals surface area (Å²) in [7, 11) is -33.1. The number of phenols is 2. The molecule has 2 aliphatic rings. The second-order valence-corrected chi connectivity index (χ2v) is 30.0. The Balaban J connectivity index is 0.00000304. The number of morpholine rings is 2. The Bertz CT molecular complexity index is 5880. The van der Waals surface area contributed by atoms with Gasteiger partial charge in [-0.25, -0.2) is 50.5 Å². The van der Waals surface area contributed by atoms with Crippen LogP contribution in [0.15, 0.2) is 183 Å². The van der Waals surface area contributed by atoms with Crippen LogP contribution >= 0.6 is 0 Å². The number of benzene rings is 8. The summed E-state index contributed by atoms with van der Waals surface area (Å²) in [6.07, 6.45) is 0. The van der Waals surface area contributed by atoms with E-state index in [1.165, 1.54) is 24.3 Å². The SMILES string of the molecule is O=S(=O)([O-])c1cc(Nc2nc(Nc3cc(S(=O)(=O)[O-])cc4cc(S(=O)(=O)[O-])c(N=Nc5ccccc5)c(O)c34)nc(N3CCOCC3)n2)cc(-c2ccc(Nc3nc(Nc4cc(S(=O)(=O)[O-])cc5cc(S(=O)(=O)[O-])c(N=Nc6ccccc6)c(O)c45)nc(N4CCOCC4)n3)c(S(=O)(=O)[O-])c2)c1.[Na+].[Na+].[Na+].[Na+].[Na+].[Na+]. The van der Waals surface area contributed by atoms with Gasteiger partial charge in [0.25, 0.3) is 0 Å². The second-order valence-electron chi connectivity index (χ2n) is 21.8. The van der Waals surface area contributed by atoms with E-state index in [0.717, 1.165) is 42.5 Å². The first-order valence-electron chi connectivity index (χ1n) is 29.0. The van der Waals surface area contributed by atoms with E-state index in [4.69, 9.17) is 9.47 Å². The van der Waals surface area contributed by atoms with E-state index < -0.39 is 175 Å². The van der Waals surface area contributed by atoms with Gasteiger partial charge in [0.15, 0.2) is 11.5 Å². The van der Waals surface area contributed by atoms with Crippen LogP contribution in [0.1, 0.15) is 0 Å². The molecule has 108 heavy (non-hydrogen) atoms. The molecular formula is C58H44N16Na6O22S6. The Kier molecular flexibility index (Phi) is 32.0. The van der Waals surface area contributed by atoms with E-state index in [2.05, 4.69) is 71.6 Å². The van der Waals surface area contributed by atoms with Gasteiger partial charge in [-0.1, -0.05) is 42.5 Å². The van der Waals surface area contributed by atoms with Gasteiger partial charge in [0, 0.05) is 42.6 Å². The molecule has 530 valence electrons. The van der Waals surface area contributed by atoms with Crippen molar-refractivity contribution in [2.24, 2.45) is 20.5 Å². The van der Waals surface area contributed by atoms with Crippen molar-refractivity contribution >= 4 is 163 Å². The fourth-order valence-electron chi connectivity index (χ4n) is 10.4. The summed E-state index contributed by atoms with van der Waals surface area (Å²) in [5.74, 6) is -4.66. The number of phenolic OH excluding ortho intramolecular Hbond substituents is 2. The first kappa shape index (κ1) is 92.2. The number of aromatic hydroxyl groups is 2. The van der Waals surface area contributed by atoms with Crippen LogP contribution in [0.2, 0.25) is 0 Å². The van der Waals surface area contributed by atoms with Gasteiger partial charge >= 0.3 is 177 Å². The van der Waals surface area contributed by atoms with Crippen LogP contribution < -0.4 is 208 Å². The number of hydrogen-bond donors (Lipinski definition) is 6. The Morgan fingerprint density at radius 3 is 1.09 bits per heavy atom. The van der Waals surface area contributed by atoms with Gasteiger partial charge in [-0.15, -0.1) is 10.2 Å². The van der Waals surface area contributed by atoms with Crippen molar-refractivity contribution in [2.75, 3.05) is 83.7 Å². The molecule has 0 aliphatic carbocycles. The number of rotatable bonds is 21. The van der Waals surface area contributed by atoms with E-state index in [1.807, 2.05) is 0 Å². The van der Waals surface area contributed by atoms with Gasteiger partial charge in [-0.2, -0.15) is 40.1 Å². The second kappa shape index (κ2) is 37.5. The third-order valence-corrected chi connectivity index (χ3v) is 20.0. The number of nitrogens with one attached hydrogen (secondary N) is 4. The molecule has 8 aromatic carbocycles. The van der Waals surface area contributed by atoms with Gasteiger partial charge in [0.05, 0.1) is 84.2 Å². The third kappa shape index (κ3) is 22.2. The average Bonchev–Trinajstić information content (AvgIpc) is 0.751. The predicted molar refractivity (Wildman–Crippen MR) is 351 cm³/mol. The quantitative estimate of drug-likeness (QED) is 0.0221. The van der Waals surface area contributed by atoms with Crippen LogP contribution in [0, 0.1) is 0 Å². The molecule has 2 saturated heterocycles. The first-order chi connectivity index (χ1) is 48.1. The van der Waals surface area contributed by atoms with Crippen molar-refractivity contribution in [3.8, 4) is 22.6 Å². The summed E-state index contributed by atoms with van der Waals surface area (Å²) in [4.78, 5) is 23.1. The smallest absolute Gasteiger partial charge is 0.744 e. The van der Waals surface area contributed by atoms with Crippen molar-refractivity contribution in [3.05, 3.63) is 133 Å². The maximum atomic E-state index is 13.4. The topological polar surface area (TPSA) is 584 Å². The molecule has 4 heterocycles. The zero-order chi connectivity index (χ0) is 72.8. The Morgan fingerprint density at radius 1 is 0.361 bits per heavy atom. The fraction of sp³-hybridized carbons (Fsp3) is 0.138. The molecule has 0 radical (unpaired) electrons. The van der Waals surface area contributed by atoms with E-state index in [-0.39, 0.29) is 270 Å². The summed E-state index contributed by atoms with van der Waals surface area (Å²) in [5.41, 5.74) is -4.01. The normalized spacial score (nSPS) is 13.6. The number of hydrogen-bond acceptors (Lipinski definition) is 38. The largest absolute Gasteiger partial charge is 1.00 e. The molecule has 0 bridgehead atoms. The third-order valence-electron chi connectivity index (χ3n) is 15.0. The summed E-state index contributed by atoms with van der Waals surface area (Å²) < 4.78 is 242. The molecule has 10 aromatic rings. The molecule has 2 aromatic heterocycles. The Morgan fingerprint density at radius 2 is 0.722 bits per heavy atom. The Labute approximate surface area is 747 Å². The van der Waals surface area contributed by atoms with E-state index >= 15 is 0 Å². The molecule has 0 amide bonds. The summed E-state index contributed by atoms with van der Waals surface area (Å²) >= 11 is 0.